The lowest BCUT2D eigenvalue weighted by Crippen LogP contribution is -2.48. The Bertz CT molecular complexity index is 534. The largest absolute Gasteiger partial charge is 0.389 e. The molecule has 0 spiro atoms. The van der Waals surface area contributed by atoms with Gasteiger partial charge in [-0.05, 0) is 18.1 Å². The number of aliphatic hydroxyl groups is 1. The van der Waals surface area contributed by atoms with Gasteiger partial charge in [0, 0.05) is 11.6 Å². The minimum atomic E-state index is -3.54. The molecule has 19 heavy (non-hydrogen) atoms. The second kappa shape index (κ2) is 6.19. The summed E-state index contributed by atoms with van der Waals surface area (Å²) in [7, 11) is -3.54. The molecule has 2 rings (SSSR count). The summed E-state index contributed by atoms with van der Waals surface area (Å²) in [6, 6.07) is 6.30. The lowest BCUT2D eigenvalue weighted by molar-refractivity contribution is -0.0222. The second-order valence-corrected chi connectivity index (χ2v) is 6.67. The predicted octanol–water partition coefficient (Wildman–Crippen LogP) is 0.909. The molecule has 2 N–H and O–H groups in total. The maximum atomic E-state index is 12.0. The van der Waals surface area contributed by atoms with E-state index in [1.54, 1.807) is 24.3 Å². The summed E-state index contributed by atoms with van der Waals surface area (Å²) in [6.45, 7) is 0.593. The normalized spacial score (nSPS) is 24.3. The van der Waals surface area contributed by atoms with Crippen LogP contribution in [0.1, 0.15) is 12.0 Å². The van der Waals surface area contributed by atoms with Gasteiger partial charge in [0.2, 0.25) is 10.0 Å². The minimum Gasteiger partial charge on any atom is -0.389 e. The van der Waals surface area contributed by atoms with E-state index in [2.05, 4.69) is 4.72 Å². The van der Waals surface area contributed by atoms with Crippen LogP contribution in [-0.2, 0) is 20.5 Å². The summed E-state index contributed by atoms with van der Waals surface area (Å²) in [4.78, 5) is 0. The summed E-state index contributed by atoms with van der Waals surface area (Å²) < 4.78 is 31.7. The fraction of sp³-hybridized carbons (Fsp3) is 0.500. The molecule has 0 amide bonds. The molecule has 1 fully saturated rings. The van der Waals surface area contributed by atoms with Crippen molar-refractivity contribution < 1.29 is 18.3 Å². The van der Waals surface area contributed by atoms with Gasteiger partial charge < -0.3 is 9.84 Å². The van der Waals surface area contributed by atoms with E-state index in [9.17, 15) is 13.5 Å². The Morgan fingerprint density at radius 3 is 2.84 bits per heavy atom. The van der Waals surface area contributed by atoms with Gasteiger partial charge in [-0.15, -0.1) is 0 Å². The van der Waals surface area contributed by atoms with Crippen LogP contribution in [0.4, 0.5) is 0 Å². The van der Waals surface area contributed by atoms with Crippen molar-refractivity contribution in [3.05, 3.63) is 34.9 Å². The van der Waals surface area contributed by atoms with E-state index in [1.165, 1.54) is 0 Å². The molecule has 2 atom stereocenters. The summed E-state index contributed by atoms with van der Waals surface area (Å²) in [5.41, 5.74) is 0.540. The van der Waals surface area contributed by atoms with Crippen LogP contribution >= 0.6 is 11.6 Å². The molecular weight excluding hydrogens is 290 g/mol. The number of hydrogen-bond donors (Lipinski definition) is 2. The Kier molecular flexibility index (Phi) is 4.81. The highest BCUT2D eigenvalue weighted by Gasteiger charge is 2.28. The van der Waals surface area contributed by atoms with Gasteiger partial charge in [-0.25, -0.2) is 13.1 Å². The number of rotatable bonds is 4. The molecular formula is C12H16ClNO4S. The van der Waals surface area contributed by atoms with Gasteiger partial charge in [0.25, 0.3) is 0 Å². The summed E-state index contributed by atoms with van der Waals surface area (Å²) in [6.07, 6.45) is -0.349. The van der Waals surface area contributed by atoms with Crippen molar-refractivity contribution in [1.82, 2.24) is 4.72 Å². The molecule has 0 radical (unpaired) electrons. The molecule has 1 aromatic rings. The van der Waals surface area contributed by atoms with Crippen LogP contribution in [0.5, 0.6) is 0 Å². The standard InChI is InChI=1S/C12H16ClNO4S/c13-10-4-2-1-3-9(10)8-19(16,17)14-11-5-6-18-7-12(11)15/h1-4,11-12,14-15H,5-8H2/t11-,12-/m1/s1. The molecule has 106 valence electrons. The van der Waals surface area contributed by atoms with Crippen molar-refractivity contribution in [2.24, 2.45) is 0 Å². The Balaban J connectivity index is 2.04. The minimum absolute atomic E-state index is 0.152. The number of ether oxygens (including phenoxy) is 1. The van der Waals surface area contributed by atoms with Crippen molar-refractivity contribution in [2.75, 3.05) is 13.2 Å². The molecule has 1 aliphatic rings. The molecule has 7 heteroatoms. The van der Waals surface area contributed by atoms with E-state index in [0.717, 1.165) is 0 Å². The summed E-state index contributed by atoms with van der Waals surface area (Å²) in [5.74, 6) is -0.198. The van der Waals surface area contributed by atoms with Gasteiger partial charge in [-0.3, -0.25) is 0 Å². The molecule has 0 saturated carbocycles. The molecule has 1 saturated heterocycles. The van der Waals surface area contributed by atoms with Gasteiger partial charge in [0.15, 0.2) is 0 Å². The van der Waals surface area contributed by atoms with Crippen LogP contribution in [0.25, 0.3) is 0 Å². The predicted molar refractivity (Wildman–Crippen MR) is 72.4 cm³/mol. The van der Waals surface area contributed by atoms with Crippen molar-refractivity contribution in [3.63, 3.8) is 0 Å². The lowest BCUT2D eigenvalue weighted by Gasteiger charge is -2.28. The van der Waals surface area contributed by atoms with E-state index < -0.39 is 22.2 Å². The summed E-state index contributed by atoms with van der Waals surface area (Å²) in [5, 5.41) is 10.1. The monoisotopic (exact) mass is 305 g/mol. The SMILES string of the molecule is O=S(=O)(Cc1ccccc1Cl)N[C@@H]1CCOC[C@H]1O. The van der Waals surface area contributed by atoms with Crippen LogP contribution in [0.3, 0.4) is 0 Å². The average molecular weight is 306 g/mol. The van der Waals surface area contributed by atoms with E-state index >= 15 is 0 Å². The van der Waals surface area contributed by atoms with Gasteiger partial charge in [0.05, 0.1) is 24.5 Å². The van der Waals surface area contributed by atoms with Crippen LogP contribution in [0, 0.1) is 0 Å². The van der Waals surface area contributed by atoms with Gasteiger partial charge in [-0.2, -0.15) is 0 Å². The van der Waals surface area contributed by atoms with Crippen molar-refractivity contribution in [1.29, 1.82) is 0 Å². The van der Waals surface area contributed by atoms with E-state index in [0.29, 0.717) is 23.6 Å². The summed E-state index contributed by atoms with van der Waals surface area (Å²) >= 11 is 5.94. The number of nitrogens with one attached hydrogen (secondary N) is 1. The first-order valence-corrected chi connectivity index (χ1v) is 8.00. The highest BCUT2D eigenvalue weighted by Crippen LogP contribution is 2.18. The number of sulfonamides is 1. The first-order valence-electron chi connectivity index (χ1n) is 5.97. The van der Waals surface area contributed by atoms with Crippen LogP contribution < -0.4 is 4.72 Å². The number of hydrogen-bond acceptors (Lipinski definition) is 4. The van der Waals surface area contributed by atoms with Crippen LogP contribution in [0.2, 0.25) is 5.02 Å². The zero-order valence-corrected chi connectivity index (χ0v) is 11.8. The smallest absolute Gasteiger partial charge is 0.216 e. The first-order chi connectivity index (χ1) is 8.98. The molecule has 1 heterocycles. The maximum absolute atomic E-state index is 12.0. The Labute approximate surface area is 117 Å². The molecule has 5 nitrogen and oxygen atoms in total. The highest BCUT2D eigenvalue weighted by atomic mass is 35.5. The lowest BCUT2D eigenvalue weighted by atomic mass is 10.1. The molecule has 0 unspecified atom stereocenters. The zero-order valence-electron chi connectivity index (χ0n) is 10.3. The fourth-order valence-electron chi connectivity index (χ4n) is 1.95. The average Bonchev–Trinajstić information content (AvgIpc) is 2.35. The number of halogens is 1. The van der Waals surface area contributed by atoms with E-state index in [-0.39, 0.29) is 12.4 Å². The van der Waals surface area contributed by atoms with E-state index in [1.807, 2.05) is 0 Å². The molecule has 1 aliphatic heterocycles. The van der Waals surface area contributed by atoms with Crippen molar-refractivity contribution >= 4 is 21.6 Å². The van der Waals surface area contributed by atoms with Crippen LogP contribution in [0.15, 0.2) is 24.3 Å². The second-order valence-electron chi connectivity index (χ2n) is 4.51. The Hall–Kier alpha value is -0.660. The topological polar surface area (TPSA) is 75.6 Å². The molecule has 1 aromatic carbocycles. The maximum Gasteiger partial charge on any atom is 0.216 e. The van der Waals surface area contributed by atoms with Gasteiger partial charge >= 0.3 is 0 Å². The highest BCUT2D eigenvalue weighted by molar-refractivity contribution is 7.88. The van der Waals surface area contributed by atoms with Gasteiger partial charge in [-0.1, -0.05) is 29.8 Å². The Morgan fingerprint density at radius 2 is 2.16 bits per heavy atom. The Morgan fingerprint density at radius 1 is 1.42 bits per heavy atom. The first kappa shape index (κ1) is 14.7. The zero-order chi connectivity index (χ0) is 13.9. The fourth-order valence-corrected chi connectivity index (χ4v) is 3.72. The third kappa shape index (κ3) is 4.15. The van der Waals surface area contributed by atoms with Crippen LogP contribution in [-0.4, -0.2) is 38.9 Å². The van der Waals surface area contributed by atoms with Crippen molar-refractivity contribution in [3.8, 4) is 0 Å². The third-order valence-corrected chi connectivity index (χ3v) is 4.68. The van der Waals surface area contributed by atoms with Gasteiger partial charge in [0.1, 0.15) is 0 Å². The third-order valence-electron chi connectivity index (χ3n) is 2.96. The number of aliphatic hydroxyl groups excluding tert-OH is 1. The molecule has 0 aromatic heterocycles. The molecule has 0 aliphatic carbocycles. The van der Waals surface area contributed by atoms with Crippen molar-refractivity contribution in [2.45, 2.75) is 24.3 Å². The van der Waals surface area contributed by atoms with E-state index in [4.69, 9.17) is 16.3 Å². The number of benzene rings is 1. The quantitative estimate of drug-likeness (QED) is 0.867. The molecule has 0 bridgehead atoms.